The molecule has 11 nitrogen and oxygen atoms in total. The number of aromatic nitrogens is 6. The second-order valence-electron chi connectivity index (χ2n) is 7.04. The van der Waals surface area contributed by atoms with Gasteiger partial charge in [-0.15, -0.1) is 10.2 Å². The molecule has 0 bridgehead atoms. The summed E-state index contributed by atoms with van der Waals surface area (Å²) in [5.74, 6) is 0. The number of hydrogen-bond acceptors (Lipinski definition) is 9. The molecule has 11 heteroatoms. The van der Waals surface area contributed by atoms with Crippen molar-refractivity contribution < 1.29 is 14.2 Å². The summed E-state index contributed by atoms with van der Waals surface area (Å²) in [7, 11) is 0. The molecule has 32 heavy (non-hydrogen) atoms. The lowest BCUT2D eigenvalue weighted by atomic mass is 10.3. The summed E-state index contributed by atoms with van der Waals surface area (Å²) >= 11 is 0. The van der Waals surface area contributed by atoms with Gasteiger partial charge in [0.2, 0.25) is 0 Å². The molecular formula is C21H42N8O3. The van der Waals surface area contributed by atoms with E-state index in [0.29, 0.717) is 39.9 Å². The second kappa shape index (κ2) is 19.7. The van der Waals surface area contributed by atoms with Crippen LogP contribution in [0.4, 0.5) is 0 Å². The topological polar surface area (TPSA) is 113 Å². The molecule has 0 aliphatic heterocycles. The van der Waals surface area contributed by atoms with Crippen molar-refractivity contribution >= 4 is 0 Å². The molecule has 2 aromatic rings. The van der Waals surface area contributed by atoms with E-state index in [1.165, 1.54) is 0 Å². The van der Waals surface area contributed by atoms with E-state index in [1.807, 2.05) is 30.9 Å². The summed E-state index contributed by atoms with van der Waals surface area (Å²) in [6, 6.07) is 0. The van der Waals surface area contributed by atoms with Gasteiger partial charge in [-0.05, 0) is 39.8 Å². The van der Waals surface area contributed by atoms with Gasteiger partial charge in [0.25, 0.3) is 0 Å². The van der Waals surface area contributed by atoms with Crippen LogP contribution >= 0.6 is 0 Å². The molecule has 0 aliphatic carbocycles. The van der Waals surface area contributed by atoms with E-state index < -0.39 is 0 Å². The maximum Gasteiger partial charge on any atom is 0.108 e. The number of rotatable bonds is 18. The van der Waals surface area contributed by atoms with Crippen molar-refractivity contribution in [1.82, 2.24) is 40.6 Å². The third kappa shape index (κ3) is 14.2. The minimum absolute atomic E-state index is 0.525. The molecule has 0 amide bonds. The molecule has 0 saturated heterocycles. The first-order valence-electron chi connectivity index (χ1n) is 11.7. The van der Waals surface area contributed by atoms with Crippen molar-refractivity contribution in [2.45, 2.75) is 66.7 Å². The summed E-state index contributed by atoms with van der Waals surface area (Å²) < 4.78 is 19.8. The summed E-state index contributed by atoms with van der Waals surface area (Å²) in [4.78, 5) is 0. The molecule has 184 valence electrons. The van der Waals surface area contributed by atoms with Gasteiger partial charge in [0.05, 0.1) is 51.8 Å². The van der Waals surface area contributed by atoms with Crippen LogP contribution in [-0.4, -0.2) is 76.4 Å². The van der Waals surface area contributed by atoms with Crippen molar-refractivity contribution in [3.8, 4) is 0 Å². The average Bonchev–Trinajstić information content (AvgIpc) is 3.47. The highest BCUT2D eigenvalue weighted by atomic mass is 16.5. The third-order valence-corrected chi connectivity index (χ3v) is 4.21. The molecule has 0 spiro atoms. The zero-order valence-electron chi connectivity index (χ0n) is 20.3. The molecular weight excluding hydrogens is 412 g/mol. The van der Waals surface area contributed by atoms with E-state index in [0.717, 1.165) is 56.8 Å². The zero-order chi connectivity index (χ0) is 23.3. The zero-order valence-corrected chi connectivity index (χ0v) is 20.3. The number of hydrogen-bond donors (Lipinski definition) is 2. The molecule has 0 saturated carbocycles. The van der Waals surface area contributed by atoms with Crippen molar-refractivity contribution in [2.24, 2.45) is 0 Å². The Morgan fingerprint density at radius 1 is 0.719 bits per heavy atom. The molecule has 2 heterocycles. The normalized spacial score (nSPS) is 10.9. The minimum Gasteiger partial charge on any atom is -0.379 e. The second-order valence-corrected chi connectivity index (χ2v) is 7.04. The van der Waals surface area contributed by atoms with Crippen LogP contribution in [0.25, 0.3) is 0 Å². The standard InChI is InChI=1S/C12H24N4O2.C9H18N4O/c1-3-6-13-11-18-9-8-17-7-5-12-10-16(4-2)15-14-12;1-3-5-10-8-14-7-9-6-13(4-2)12-11-9/h10,13H,3-9,11H2,1-2H3;6,10H,3-5,7-8H2,1-2H3. The van der Waals surface area contributed by atoms with Crippen LogP contribution in [0.1, 0.15) is 51.9 Å². The van der Waals surface area contributed by atoms with Gasteiger partial charge in [-0.3, -0.25) is 20.0 Å². The Morgan fingerprint density at radius 3 is 1.88 bits per heavy atom. The molecule has 0 atom stereocenters. The van der Waals surface area contributed by atoms with Crippen LogP contribution in [0.3, 0.4) is 0 Å². The lowest BCUT2D eigenvalue weighted by molar-refractivity contribution is 0.0415. The first-order valence-corrected chi connectivity index (χ1v) is 11.7. The van der Waals surface area contributed by atoms with Crippen LogP contribution < -0.4 is 10.6 Å². The fourth-order valence-corrected chi connectivity index (χ4v) is 2.43. The predicted molar refractivity (Wildman–Crippen MR) is 123 cm³/mol. The van der Waals surface area contributed by atoms with Crippen molar-refractivity contribution in [2.75, 3.05) is 46.4 Å². The largest absolute Gasteiger partial charge is 0.379 e. The Balaban J connectivity index is 0.000000330. The first kappa shape index (κ1) is 28.1. The Labute approximate surface area is 192 Å². The van der Waals surface area contributed by atoms with Crippen LogP contribution in [0.5, 0.6) is 0 Å². The number of ether oxygens (including phenoxy) is 3. The van der Waals surface area contributed by atoms with E-state index in [2.05, 4.69) is 45.1 Å². The van der Waals surface area contributed by atoms with Gasteiger partial charge in [0.1, 0.15) is 5.69 Å². The fourth-order valence-electron chi connectivity index (χ4n) is 2.43. The minimum atomic E-state index is 0.525. The van der Waals surface area contributed by atoms with Crippen LogP contribution in [0.2, 0.25) is 0 Å². The predicted octanol–water partition coefficient (Wildman–Crippen LogP) is 1.60. The highest BCUT2D eigenvalue weighted by Crippen LogP contribution is 1.95. The average molecular weight is 455 g/mol. The van der Waals surface area contributed by atoms with Crippen molar-refractivity contribution in [3.63, 3.8) is 0 Å². The molecule has 2 rings (SSSR count). The lowest BCUT2D eigenvalue weighted by Gasteiger charge is -2.05. The molecule has 0 radical (unpaired) electrons. The Bertz CT molecular complexity index is 665. The monoisotopic (exact) mass is 454 g/mol. The molecule has 2 N–H and O–H groups in total. The molecule has 0 aromatic carbocycles. The highest BCUT2D eigenvalue weighted by Gasteiger charge is 2.00. The SMILES string of the molecule is CCCNCOCCOCCc1cn(CC)nn1.CCCNCOCc1cn(CC)nn1. The number of aryl methyl sites for hydroxylation is 2. The summed E-state index contributed by atoms with van der Waals surface area (Å²) in [5, 5.41) is 22.2. The van der Waals surface area contributed by atoms with Gasteiger partial charge in [0, 0.05) is 25.7 Å². The quantitative estimate of drug-likeness (QED) is 0.256. The van der Waals surface area contributed by atoms with Gasteiger partial charge in [-0.2, -0.15) is 0 Å². The Morgan fingerprint density at radius 2 is 1.28 bits per heavy atom. The molecule has 0 fully saturated rings. The van der Waals surface area contributed by atoms with Gasteiger partial charge >= 0.3 is 0 Å². The number of nitrogens with zero attached hydrogens (tertiary/aromatic N) is 6. The van der Waals surface area contributed by atoms with Crippen molar-refractivity contribution in [3.05, 3.63) is 23.8 Å². The van der Waals surface area contributed by atoms with Gasteiger partial charge < -0.3 is 14.2 Å². The smallest absolute Gasteiger partial charge is 0.108 e. The van der Waals surface area contributed by atoms with Crippen LogP contribution in [-0.2, 0) is 40.3 Å². The molecule has 0 aliphatic rings. The molecule has 2 aromatic heterocycles. The summed E-state index contributed by atoms with van der Waals surface area (Å²) in [5.41, 5.74) is 1.85. The Hall–Kier alpha value is -1.92. The summed E-state index contributed by atoms with van der Waals surface area (Å²) in [6.45, 7) is 15.6. The van der Waals surface area contributed by atoms with Crippen LogP contribution in [0, 0.1) is 0 Å². The van der Waals surface area contributed by atoms with Gasteiger partial charge in [0.15, 0.2) is 0 Å². The maximum absolute atomic E-state index is 5.46. The number of nitrogens with one attached hydrogen (secondary N) is 2. The summed E-state index contributed by atoms with van der Waals surface area (Å²) in [6.07, 6.45) is 6.90. The lowest BCUT2D eigenvalue weighted by Crippen LogP contribution is -2.20. The van der Waals surface area contributed by atoms with E-state index >= 15 is 0 Å². The highest BCUT2D eigenvalue weighted by molar-refractivity contribution is 4.92. The third-order valence-electron chi connectivity index (χ3n) is 4.21. The van der Waals surface area contributed by atoms with Crippen molar-refractivity contribution in [1.29, 1.82) is 0 Å². The maximum atomic E-state index is 5.46. The van der Waals surface area contributed by atoms with Crippen LogP contribution in [0.15, 0.2) is 12.4 Å². The van der Waals surface area contributed by atoms with E-state index in [4.69, 9.17) is 14.2 Å². The van der Waals surface area contributed by atoms with Gasteiger partial charge in [-0.25, -0.2) is 0 Å². The first-order chi connectivity index (χ1) is 15.7. The van der Waals surface area contributed by atoms with E-state index in [-0.39, 0.29) is 0 Å². The molecule has 0 unspecified atom stereocenters. The fraction of sp³-hybridized carbons (Fsp3) is 0.810. The Kier molecular flexibility index (Phi) is 17.3. The van der Waals surface area contributed by atoms with E-state index in [9.17, 15) is 0 Å². The van der Waals surface area contributed by atoms with E-state index in [1.54, 1.807) is 4.68 Å². The van der Waals surface area contributed by atoms with Gasteiger partial charge in [-0.1, -0.05) is 24.3 Å².